The van der Waals surface area contributed by atoms with E-state index in [9.17, 15) is 10.1 Å². The van der Waals surface area contributed by atoms with Crippen molar-refractivity contribution in [2.45, 2.75) is 0 Å². The maximum absolute atomic E-state index is 12.0. The Morgan fingerprint density at radius 3 is 2.27 bits per heavy atom. The van der Waals surface area contributed by atoms with Crippen LogP contribution in [0.3, 0.4) is 0 Å². The van der Waals surface area contributed by atoms with Crippen LogP contribution in [0.15, 0.2) is 66.7 Å². The lowest BCUT2D eigenvalue weighted by atomic mass is 10.0. The van der Waals surface area contributed by atoms with E-state index in [1.165, 1.54) is 0 Å². The van der Waals surface area contributed by atoms with Crippen LogP contribution in [0, 0.1) is 11.3 Å². The second-order valence-corrected chi connectivity index (χ2v) is 7.49. The van der Waals surface area contributed by atoms with Crippen LogP contribution >= 0.6 is 34.8 Å². The molecular formula is C23H15Cl3N2O2. The van der Waals surface area contributed by atoms with E-state index in [1.807, 2.05) is 0 Å². The first-order chi connectivity index (χ1) is 14.4. The van der Waals surface area contributed by atoms with E-state index in [-0.39, 0.29) is 12.5 Å². The fourth-order valence-electron chi connectivity index (χ4n) is 2.58. The summed E-state index contributed by atoms with van der Waals surface area (Å²) in [6, 6.07) is 20.9. The third-order valence-electron chi connectivity index (χ3n) is 4.03. The first-order valence-electron chi connectivity index (χ1n) is 8.80. The van der Waals surface area contributed by atoms with Gasteiger partial charge < -0.3 is 10.1 Å². The van der Waals surface area contributed by atoms with Crippen molar-refractivity contribution < 1.29 is 9.53 Å². The van der Waals surface area contributed by atoms with Gasteiger partial charge in [-0.15, -0.1) is 0 Å². The third kappa shape index (κ3) is 6.01. The number of benzene rings is 3. The molecule has 3 rings (SSSR count). The minimum Gasteiger partial charge on any atom is -0.484 e. The smallest absolute Gasteiger partial charge is 0.262 e. The fourth-order valence-corrected chi connectivity index (χ4v) is 3.22. The molecule has 0 aromatic heterocycles. The van der Waals surface area contributed by atoms with Gasteiger partial charge in [-0.3, -0.25) is 4.79 Å². The number of amides is 1. The van der Waals surface area contributed by atoms with Gasteiger partial charge >= 0.3 is 0 Å². The number of nitrogens with one attached hydrogen (secondary N) is 1. The van der Waals surface area contributed by atoms with Gasteiger partial charge in [0.25, 0.3) is 5.91 Å². The van der Waals surface area contributed by atoms with Crippen LogP contribution in [0.5, 0.6) is 5.75 Å². The number of carbonyl (C=O) groups excluding carboxylic acids is 1. The number of nitriles is 1. The standard InChI is InChI=1S/C23H15Cl3N2O2/c24-17-3-6-19(7-4-17)28-23(29)14-30-20-8-1-15(2-9-20)11-16(13-27)21-10-5-18(25)12-22(21)26/h1-12H,14H2,(H,28,29)/b16-11+. The summed E-state index contributed by atoms with van der Waals surface area (Å²) < 4.78 is 5.51. The summed E-state index contributed by atoms with van der Waals surface area (Å²) in [7, 11) is 0. The van der Waals surface area contributed by atoms with Crippen LogP contribution in [0.4, 0.5) is 5.69 Å². The van der Waals surface area contributed by atoms with Crippen molar-refractivity contribution in [1.82, 2.24) is 0 Å². The molecule has 0 atom stereocenters. The van der Waals surface area contributed by atoms with Gasteiger partial charge in [0, 0.05) is 21.3 Å². The summed E-state index contributed by atoms with van der Waals surface area (Å²) in [6.07, 6.45) is 1.71. The Kier molecular flexibility index (Phi) is 7.37. The molecule has 0 aliphatic carbocycles. The third-order valence-corrected chi connectivity index (χ3v) is 4.83. The lowest BCUT2D eigenvalue weighted by Crippen LogP contribution is -2.20. The predicted octanol–water partition coefficient (Wildman–Crippen LogP) is 6.73. The number of hydrogen-bond donors (Lipinski definition) is 1. The maximum Gasteiger partial charge on any atom is 0.262 e. The highest BCUT2D eigenvalue weighted by Crippen LogP contribution is 2.28. The number of ether oxygens (including phenoxy) is 1. The van der Waals surface area contributed by atoms with E-state index >= 15 is 0 Å². The summed E-state index contributed by atoms with van der Waals surface area (Å²) >= 11 is 17.9. The summed E-state index contributed by atoms with van der Waals surface area (Å²) in [5.74, 6) is 0.242. The van der Waals surface area contributed by atoms with Gasteiger partial charge in [-0.25, -0.2) is 0 Å². The minimum atomic E-state index is -0.287. The lowest BCUT2D eigenvalue weighted by Gasteiger charge is -2.08. The molecule has 0 radical (unpaired) electrons. The summed E-state index contributed by atoms with van der Waals surface area (Å²) in [5.41, 5.74) is 2.43. The molecule has 0 spiro atoms. The lowest BCUT2D eigenvalue weighted by molar-refractivity contribution is -0.118. The molecule has 0 bridgehead atoms. The molecule has 0 unspecified atom stereocenters. The summed E-state index contributed by atoms with van der Waals surface area (Å²) in [6.45, 7) is -0.137. The van der Waals surface area contributed by atoms with Gasteiger partial charge in [0.05, 0.1) is 16.7 Å². The quantitative estimate of drug-likeness (QED) is 0.330. The van der Waals surface area contributed by atoms with Crippen molar-refractivity contribution >= 4 is 58.0 Å². The number of halogens is 3. The number of allylic oxidation sites excluding steroid dienone is 1. The van der Waals surface area contributed by atoms with Crippen LogP contribution in [-0.4, -0.2) is 12.5 Å². The van der Waals surface area contributed by atoms with Crippen molar-refractivity contribution in [1.29, 1.82) is 5.26 Å². The van der Waals surface area contributed by atoms with Crippen molar-refractivity contribution in [3.8, 4) is 11.8 Å². The highest BCUT2D eigenvalue weighted by atomic mass is 35.5. The van der Waals surface area contributed by atoms with Gasteiger partial charge in [0.15, 0.2) is 6.61 Å². The van der Waals surface area contributed by atoms with Gasteiger partial charge in [0.1, 0.15) is 5.75 Å². The van der Waals surface area contributed by atoms with Crippen LogP contribution in [0.2, 0.25) is 15.1 Å². The maximum atomic E-state index is 12.0. The van der Waals surface area contributed by atoms with E-state index in [4.69, 9.17) is 39.5 Å². The highest BCUT2D eigenvalue weighted by molar-refractivity contribution is 6.36. The Balaban J connectivity index is 1.62. The Morgan fingerprint density at radius 2 is 1.63 bits per heavy atom. The predicted molar refractivity (Wildman–Crippen MR) is 122 cm³/mol. The molecule has 4 nitrogen and oxygen atoms in total. The Bertz CT molecular complexity index is 1120. The number of hydrogen-bond acceptors (Lipinski definition) is 3. The van der Waals surface area contributed by atoms with Gasteiger partial charge in [-0.05, 0) is 60.2 Å². The van der Waals surface area contributed by atoms with E-state index in [1.54, 1.807) is 72.8 Å². The zero-order chi connectivity index (χ0) is 21.5. The monoisotopic (exact) mass is 456 g/mol. The zero-order valence-corrected chi connectivity index (χ0v) is 17.8. The molecule has 0 fully saturated rings. The molecule has 0 aliphatic heterocycles. The minimum absolute atomic E-state index is 0.137. The van der Waals surface area contributed by atoms with Crippen LogP contribution in [0.1, 0.15) is 11.1 Å². The van der Waals surface area contributed by atoms with Gasteiger partial charge in [-0.1, -0.05) is 53.0 Å². The van der Waals surface area contributed by atoms with Crippen molar-refractivity contribution in [2.24, 2.45) is 0 Å². The normalized spacial score (nSPS) is 10.9. The molecule has 3 aromatic carbocycles. The molecule has 30 heavy (non-hydrogen) atoms. The Labute approximate surface area is 189 Å². The number of carbonyl (C=O) groups is 1. The fraction of sp³-hybridized carbons (Fsp3) is 0.0435. The van der Waals surface area contributed by atoms with Crippen molar-refractivity contribution in [2.75, 3.05) is 11.9 Å². The molecule has 150 valence electrons. The second kappa shape index (κ2) is 10.2. The molecule has 0 heterocycles. The zero-order valence-electron chi connectivity index (χ0n) is 15.5. The second-order valence-electron chi connectivity index (χ2n) is 6.21. The highest BCUT2D eigenvalue weighted by Gasteiger charge is 2.08. The summed E-state index contributed by atoms with van der Waals surface area (Å²) in [4.78, 5) is 12.0. The van der Waals surface area contributed by atoms with E-state index in [2.05, 4.69) is 11.4 Å². The number of nitrogens with zero attached hydrogens (tertiary/aromatic N) is 1. The van der Waals surface area contributed by atoms with Crippen LogP contribution in [0.25, 0.3) is 11.6 Å². The average Bonchev–Trinajstić information content (AvgIpc) is 2.73. The van der Waals surface area contributed by atoms with Crippen molar-refractivity contribution in [3.05, 3.63) is 92.9 Å². The van der Waals surface area contributed by atoms with Crippen molar-refractivity contribution in [3.63, 3.8) is 0 Å². The molecular weight excluding hydrogens is 443 g/mol. The molecule has 1 N–H and O–H groups in total. The average molecular weight is 458 g/mol. The summed E-state index contributed by atoms with van der Waals surface area (Å²) in [5, 5.41) is 13.7. The van der Waals surface area contributed by atoms with Crippen LogP contribution < -0.4 is 10.1 Å². The number of anilines is 1. The molecule has 0 saturated carbocycles. The van der Waals surface area contributed by atoms with E-state index in [0.29, 0.717) is 37.6 Å². The molecule has 3 aromatic rings. The molecule has 0 aliphatic rings. The van der Waals surface area contributed by atoms with Gasteiger partial charge in [0.2, 0.25) is 0 Å². The van der Waals surface area contributed by atoms with E-state index in [0.717, 1.165) is 5.56 Å². The first-order valence-corrected chi connectivity index (χ1v) is 9.93. The molecule has 1 amide bonds. The topological polar surface area (TPSA) is 62.1 Å². The molecule has 0 saturated heterocycles. The number of rotatable bonds is 6. The molecule has 7 heteroatoms. The largest absolute Gasteiger partial charge is 0.484 e. The Morgan fingerprint density at radius 1 is 0.967 bits per heavy atom. The first kappa shape index (κ1) is 21.7. The van der Waals surface area contributed by atoms with Gasteiger partial charge in [-0.2, -0.15) is 5.26 Å². The van der Waals surface area contributed by atoms with Crippen LogP contribution in [-0.2, 0) is 4.79 Å². The van der Waals surface area contributed by atoms with E-state index < -0.39 is 0 Å². The SMILES string of the molecule is N#C/C(=C\c1ccc(OCC(=O)Nc2ccc(Cl)cc2)cc1)c1ccc(Cl)cc1Cl. The Hall–Kier alpha value is -2.97.